The number of piperidine rings is 1. The van der Waals surface area contributed by atoms with E-state index in [-0.39, 0.29) is 17.7 Å². The van der Waals surface area contributed by atoms with E-state index in [1.807, 2.05) is 4.90 Å². The number of hydrogen-bond acceptors (Lipinski definition) is 7. The molecule has 0 unspecified atom stereocenters. The molecule has 11 heteroatoms. The molecule has 0 aromatic carbocycles. The maximum Gasteiger partial charge on any atom is 0.334 e. The predicted octanol–water partition coefficient (Wildman–Crippen LogP) is 1.05. The molecule has 1 aliphatic carbocycles. The van der Waals surface area contributed by atoms with Crippen molar-refractivity contribution in [3.05, 3.63) is 44.6 Å². The van der Waals surface area contributed by atoms with Gasteiger partial charge in [0.2, 0.25) is 0 Å². The lowest BCUT2D eigenvalue weighted by Gasteiger charge is -2.46. The SMILES string of the molecule is O=C(N1C[C@H]2C[C@@H](C1)c1ccc([N+](=O)[O-])c(=O)n1C2)C1(n2cnnn2)CCCCC1. The van der Waals surface area contributed by atoms with Gasteiger partial charge in [-0.05, 0) is 41.7 Å². The van der Waals surface area contributed by atoms with Gasteiger partial charge in [0, 0.05) is 37.3 Å². The average Bonchev–Trinajstić information content (AvgIpc) is 3.29. The molecule has 1 saturated carbocycles. The van der Waals surface area contributed by atoms with Crippen LogP contribution in [0.15, 0.2) is 23.3 Å². The van der Waals surface area contributed by atoms with Crippen LogP contribution in [-0.2, 0) is 16.9 Å². The lowest BCUT2D eigenvalue weighted by atomic mass is 9.78. The smallest absolute Gasteiger partial charge is 0.334 e. The van der Waals surface area contributed by atoms with Gasteiger partial charge in [-0.25, -0.2) is 4.68 Å². The minimum atomic E-state index is -0.747. The molecule has 2 aromatic rings. The zero-order valence-corrected chi connectivity index (χ0v) is 16.5. The number of nitro groups is 1. The van der Waals surface area contributed by atoms with E-state index in [0.717, 1.165) is 31.4 Å². The largest absolute Gasteiger partial charge is 0.340 e. The molecule has 2 fully saturated rings. The zero-order valence-electron chi connectivity index (χ0n) is 16.5. The quantitative estimate of drug-likeness (QED) is 0.543. The van der Waals surface area contributed by atoms with Gasteiger partial charge in [-0.1, -0.05) is 19.3 Å². The number of tetrazole rings is 1. The molecule has 2 aromatic heterocycles. The molecular formula is C19H23N7O4. The highest BCUT2D eigenvalue weighted by molar-refractivity contribution is 5.84. The molecule has 2 atom stereocenters. The van der Waals surface area contributed by atoms with Crippen LogP contribution in [0, 0.1) is 16.0 Å². The molecule has 4 heterocycles. The van der Waals surface area contributed by atoms with Crippen LogP contribution < -0.4 is 5.56 Å². The van der Waals surface area contributed by atoms with Gasteiger partial charge >= 0.3 is 11.2 Å². The Morgan fingerprint density at radius 3 is 2.67 bits per heavy atom. The number of likely N-dealkylation sites (tertiary alicyclic amines) is 1. The second-order valence-electron chi connectivity index (χ2n) is 8.67. The summed E-state index contributed by atoms with van der Waals surface area (Å²) in [7, 11) is 0. The second kappa shape index (κ2) is 6.99. The molecule has 2 aliphatic heterocycles. The van der Waals surface area contributed by atoms with Crippen molar-refractivity contribution in [3.63, 3.8) is 0 Å². The third-order valence-corrected chi connectivity index (χ3v) is 6.93. The average molecular weight is 413 g/mol. The molecule has 1 saturated heterocycles. The van der Waals surface area contributed by atoms with Crippen LogP contribution in [0.1, 0.15) is 50.1 Å². The summed E-state index contributed by atoms with van der Waals surface area (Å²) in [6.07, 6.45) is 6.83. The summed E-state index contributed by atoms with van der Waals surface area (Å²) < 4.78 is 3.16. The summed E-state index contributed by atoms with van der Waals surface area (Å²) in [5, 5.41) is 22.7. The van der Waals surface area contributed by atoms with Gasteiger partial charge in [-0.3, -0.25) is 19.7 Å². The van der Waals surface area contributed by atoms with Crippen LogP contribution >= 0.6 is 0 Å². The summed E-state index contributed by atoms with van der Waals surface area (Å²) in [5.74, 6) is 0.126. The third-order valence-electron chi connectivity index (χ3n) is 6.93. The first-order valence-electron chi connectivity index (χ1n) is 10.4. The zero-order chi connectivity index (χ0) is 20.9. The minimum Gasteiger partial charge on any atom is -0.340 e. The highest BCUT2D eigenvalue weighted by Gasteiger charge is 2.47. The van der Waals surface area contributed by atoms with E-state index in [1.54, 1.807) is 10.7 Å². The molecule has 5 rings (SSSR count). The number of carbonyl (C=O) groups is 1. The van der Waals surface area contributed by atoms with Crippen molar-refractivity contribution < 1.29 is 9.72 Å². The fourth-order valence-corrected chi connectivity index (χ4v) is 5.57. The van der Waals surface area contributed by atoms with Crippen LogP contribution in [-0.4, -0.2) is 53.6 Å². The van der Waals surface area contributed by atoms with E-state index in [1.165, 1.54) is 17.0 Å². The summed E-state index contributed by atoms with van der Waals surface area (Å²) in [6.45, 7) is 1.43. The van der Waals surface area contributed by atoms with Crippen LogP contribution in [0.25, 0.3) is 0 Å². The maximum absolute atomic E-state index is 13.8. The number of nitrogens with zero attached hydrogens (tertiary/aromatic N) is 7. The van der Waals surface area contributed by atoms with Crippen molar-refractivity contribution in [1.29, 1.82) is 0 Å². The number of fused-ring (bicyclic) bond motifs is 4. The standard InChI is InChI=1S/C19H23N7O4/c27-17-16(26(29)30)5-4-15-14-8-13(10-24(15)17)9-23(11-14)18(28)19(6-2-1-3-7-19)25-12-20-21-22-25/h4-5,12-14H,1-3,6-11H2/t13-,14+/m1/s1. The second-order valence-corrected chi connectivity index (χ2v) is 8.67. The van der Waals surface area contributed by atoms with Gasteiger partial charge in [0.1, 0.15) is 11.9 Å². The Hall–Kier alpha value is -3.11. The summed E-state index contributed by atoms with van der Waals surface area (Å²) >= 11 is 0. The van der Waals surface area contributed by atoms with Crippen molar-refractivity contribution >= 4 is 11.6 Å². The Labute approximate surface area is 171 Å². The Morgan fingerprint density at radius 2 is 1.97 bits per heavy atom. The Balaban J connectivity index is 1.47. The highest BCUT2D eigenvalue weighted by atomic mass is 16.6. The van der Waals surface area contributed by atoms with E-state index in [2.05, 4.69) is 15.5 Å². The van der Waals surface area contributed by atoms with Gasteiger partial charge in [0.05, 0.1) is 4.92 Å². The number of aromatic nitrogens is 5. The molecule has 30 heavy (non-hydrogen) atoms. The summed E-state index contributed by atoms with van der Waals surface area (Å²) in [4.78, 5) is 38.8. The lowest BCUT2D eigenvalue weighted by molar-refractivity contribution is -0.386. The van der Waals surface area contributed by atoms with Gasteiger partial charge < -0.3 is 9.47 Å². The summed E-state index contributed by atoms with van der Waals surface area (Å²) in [5.41, 5.74) is -0.918. The van der Waals surface area contributed by atoms with Crippen molar-refractivity contribution in [2.45, 2.75) is 56.5 Å². The van der Waals surface area contributed by atoms with Gasteiger partial charge in [0.25, 0.3) is 5.91 Å². The van der Waals surface area contributed by atoms with E-state index in [0.29, 0.717) is 32.5 Å². The maximum atomic E-state index is 13.8. The molecule has 1 amide bonds. The molecular weight excluding hydrogens is 390 g/mol. The molecule has 3 aliphatic rings. The summed E-state index contributed by atoms with van der Waals surface area (Å²) in [6, 6.07) is 2.96. The van der Waals surface area contributed by atoms with E-state index < -0.39 is 21.7 Å². The lowest BCUT2D eigenvalue weighted by Crippen LogP contribution is -2.57. The first-order chi connectivity index (χ1) is 14.5. The molecule has 2 bridgehead atoms. The van der Waals surface area contributed by atoms with E-state index in [4.69, 9.17) is 0 Å². The number of pyridine rings is 1. The Morgan fingerprint density at radius 1 is 1.17 bits per heavy atom. The molecule has 0 radical (unpaired) electrons. The van der Waals surface area contributed by atoms with Gasteiger partial charge in [-0.15, -0.1) is 5.10 Å². The van der Waals surface area contributed by atoms with Crippen molar-refractivity contribution in [3.8, 4) is 0 Å². The number of hydrogen-bond donors (Lipinski definition) is 0. The van der Waals surface area contributed by atoms with Crippen LogP contribution in [0.5, 0.6) is 0 Å². The van der Waals surface area contributed by atoms with Crippen LogP contribution in [0.4, 0.5) is 5.69 Å². The fourth-order valence-electron chi connectivity index (χ4n) is 5.57. The Bertz CT molecular complexity index is 1040. The normalized spacial score (nSPS) is 24.9. The topological polar surface area (TPSA) is 129 Å². The van der Waals surface area contributed by atoms with Crippen LogP contribution in [0.2, 0.25) is 0 Å². The minimum absolute atomic E-state index is 0.00975. The number of carbonyl (C=O) groups excluding carboxylic acids is 1. The number of amides is 1. The van der Waals surface area contributed by atoms with Crippen molar-refractivity contribution in [2.24, 2.45) is 5.92 Å². The monoisotopic (exact) mass is 413 g/mol. The van der Waals surface area contributed by atoms with E-state index >= 15 is 0 Å². The molecule has 11 nitrogen and oxygen atoms in total. The van der Waals surface area contributed by atoms with Crippen molar-refractivity contribution in [1.82, 2.24) is 29.7 Å². The molecule has 158 valence electrons. The molecule has 0 spiro atoms. The first kappa shape index (κ1) is 18.9. The molecule has 0 N–H and O–H groups in total. The third kappa shape index (κ3) is 2.83. The number of rotatable bonds is 3. The van der Waals surface area contributed by atoms with E-state index in [9.17, 15) is 19.7 Å². The van der Waals surface area contributed by atoms with Crippen molar-refractivity contribution in [2.75, 3.05) is 13.1 Å². The van der Waals surface area contributed by atoms with Gasteiger partial charge in [-0.2, -0.15) is 0 Å². The highest BCUT2D eigenvalue weighted by Crippen LogP contribution is 2.40. The van der Waals surface area contributed by atoms with Gasteiger partial charge in [0.15, 0.2) is 0 Å². The van der Waals surface area contributed by atoms with Crippen LogP contribution in [0.3, 0.4) is 0 Å². The first-order valence-corrected chi connectivity index (χ1v) is 10.4. The predicted molar refractivity (Wildman–Crippen MR) is 104 cm³/mol. The Kier molecular flexibility index (Phi) is 4.40. The fraction of sp³-hybridized carbons (Fsp3) is 0.632.